The average molecular weight is 822 g/mol. The first-order chi connectivity index (χ1) is 23.1. The second-order valence-corrected chi connectivity index (χ2v) is 13.4. The van der Waals surface area contributed by atoms with Gasteiger partial charge in [0.05, 0.1) is 11.3 Å². The van der Waals surface area contributed by atoms with Gasteiger partial charge in [0.25, 0.3) is 0 Å². The number of rotatable bonds is 6. The molecule has 0 amide bonds. The predicted molar refractivity (Wildman–Crippen MR) is 199 cm³/mol. The van der Waals surface area contributed by atoms with Gasteiger partial charge in [-0.3, -0.25) is 0 Å². The molecule has 0 unspecified atom stereocenters. The molecule has 4 heterocycles. The minimum atomic E-state index is 0. The summed E-state index contributed by atoms with van der Waals surface area (Å²) in [5.74, 6) is 1.25. The van der Waals surface area contributed by atoms with E-state index in [1.807, 2.05) is 55.7 Å². The summed E-state index contributed by atoms with van der Waals surface area (Å²) in [6.45, 7) is 17.5. The van der Waals surface area contributed by atoms with Crippen molar-refractivity contribution in [2.45, 2.75) is 73.1 Å². The molecule has 0 fully saturated rings. The van der Waals surface area contributed by atoms with Crippen molar-refractivity contribution in [2.24, 2.45) is 0 Å². The maximum Gasteiger partial charge on any atom is 0.216 e. The van der Waals surface area contributed by atoms with Crippen LogP contribution in [0.5, 0.6) is 0 Å². The summed E-state index contributed by atoms with van der Waals surface area (Å²) >= 11 is 0. The van der Waals surface area contributed by atoms with E-state index in [-0.39, 0.29) is 20.1 Å². The molecule has 0 saturated heterocycles. The molecule has 49 heavy (non-hydrogen) atoms. The molecule has 0 aliphatic rings. The molecular weight excluding hydrogens is 779 g/mol. The van der Waals surface area contributed by atoms with E-state index in [1.165, 1.54) is 33.4 Å². The Kier molecular flexibility index (Phi) is 11.3. The van der Waals surface area contributed by atoms with Crippen LogP contribution in [0.15, 0.2) is 102 Å². The first kappa shape index (κ1) is 35.9. The first-order valence-corrected chi connectivity index (χ1v) is 16.9. The van der Waals surface area contributed by atoms with E-state index in [1.54, 1.807) is 0 Å². The van der Waals surface area contributed by atoms with Crippen LogP contribution in [0.3, 0.4) is 0 Å². The Morgan fingerprint density at radius 3 is 1.92 bits per heavy atom. The quantitative estimate of drug-likeness (QED) is 0.157. The Morgan fingerprint density at radius 2 is 1.31 bits per heavy atom. The Labute approximate surface area is 304 Å². The van der Waals surface area contributed by atoms with Crippen LogP contribution in [-0.4, -0.2) is 15.0 Å². The number of pyridine rings is 3. The van der Waals surface area contributed by atoms with Gasteiger partial charge >= 0.3 is 0 Å². The third kappa shape index (κ3) is 7.59. The molecule has 0 saturated carbocycles. The summed E-state index contributed by atoms with van der Waals surface area (Å²) in [5.41, 5.74) is 13.7. The summed E-state index contributed by atoms with van der Waals surface area (Å²) in [4.78, 5) is 14.1. The van der Waals surface area contributed by atoms with Crippen LogP contribution in [0.25, 0.3) is 55.8 Å². The number of hydrogen-bond acceptors (Lipinski definition) is 4. The van der Waals surface area contributed by atoms with Crippen LogP contribution in [-0.2, 0) is 20.1 Å². The molecular formula is C44H43IrN3O-2. The summed E-state index contributed by atoms with van der Waals surface area (Å²) in [5, 5.41) is 2.06. The van der Waals surface area contributed by atoms with Gasteiger partial charge in [-0.2, -0.15) is 0 Å². The summed E-state index contributed by atoms with van der Waals surface area (Å²) in [7, 11) is 0. The van der Waals surface area contributed by atoms with Crippen molar-refractivity contribution in [1.82, 2.24) is 15.0 Å². The molecule has 0 bridgehead atoms. The van der Waals surface area contributed by atoms with E-state index < -0.39 is 0 Å². The van der Waals surface area contributed by atoms with Crippen molar-refractivity contribution in [2.75, 3.05) is 0 Å². The van der Waals surface area contributed by atoms with E-state index in [0.29, 0.717) is 23.5 Å². The normalized spacial score (nSPS) is 11.2. The smallest absolute Gasteiger partial charge is 0.216 e. The third-order valence-corrected chi connectivity index (χ3v) is 8.85. The first-order valence-electron chi connectivity index (χ1n) is 16.9. The third-order valence-electron chi connectivity index (χ3n) is 8.85. The second kappa shape index (κ2) is 15.4. The molecule has 0 aliphatic heterocycles. The zero-order chi connectivity index (χ0) is 33.9. The number of aromatic nitrogens is 3. The van der Waals surface area contributed by atoms with Gasteiger partial charge in [0, 0.05) is 43.4 Å². The fourth-order valence-electron chi connectivity index (χ4n) is 6.29. The Hall–Kier alpha value is -4.44. The Bertz CT molecular complexity index is 2160. The minimum absolute atomic E-state index is 0. The fraction of sp³-hybridized carbons (Fsp3) is 0.250. The SMILES string of the molecule is Cc1cc(-c2[c-]ccc3c2oc2nc(-c4c(C(C)C)cccc4C(C)C)ccc23)ncc1C(C)C.Cc1ccc(-c2[c-]cccc2)nc1.[Ir]. The molecule has 0 spiro atoms. The number of furan rings is 1. The second-order valence-electron chi connectivity index (χ2n) is 13.4. The van der Waals surface area contributed by atoms with Crippen molar-refractivity contribution in [1.29, 1.82) is 0 Å². The topological polar surface area (TPSA) is 51.8 Å². The van der Waals surface area contributed by atoms with Gasteiger partial charge in [0.2, 0.25) is 5.71 Å². The number of nitrogens with zero attached hydrogens (tertiary/aromatic N) is 3. The molecule has 4 aromatic heterocycles. The van der Waals surface area contributed by atoms with Crippen molar-refractivity contribution >= 4 is 22.1 Å². The van der Waals surface area contributed by atoms with Crippen molar-refractivity contribution in [3.05, 3.63) is 137 Å². The van der Waals surface area contributed by atoms with Crippen LogP contribution < -0.4 is 0 Å². The van der Waals surface area contributed by atoms with Gasteiger partial charge in [-0.05, 0) is 77.4 Å². The molecule has 1 radical (unpaired) electrons. The predicted octanol–water partition coefficient (Wildman–Crippen LogP) is 12.0. The maximum atomic E-state index is 6.44. The Balaban J connectivity index is 0.000000280. The Morgan fingerprint density at radius 1 is 0.612 bits per heavy atom. The molecule has 0 N–H and O–H groups in total. The van der Waals surface area contributed by atoms with Gasteiger partial charge in [0.15, 0.2) is 0 Å². The molecule has 5 heteroatoms. The standard InChI is InChI=1S/C32H33N2O.C12H10N.Ir/c1-18(2)22-10-8-11-23(19(3)4)30(22)28-15-14-25-24-12-9-13-26(31(24)35-32(25)34-28)29-16-21(7)27(17-33-29)20(5)6;1-10-7-8-12(13-9-10)11-5-3-2-4-6-11;/h8-12,14-20H,1-7H3;2-5,7-9H,1H3;/q2*-1;. The summed E-state index contributed by atoms with van der Waals surface area (Å²) in [6.07, 6.45) is 3.85. The number of hydrogen-bond donors (Lipinski definition) is 0. The van der Waals surface area contributed by atoms with Gasteiger partial charge in [0.1, 0.15) is 0 Å². The molecule has 3 aromatic carbocycles. The van der Waals surface area contributed by atoms with E-state index in [0.717, 1.165) is 44.6 Å². The van der Waals surface area contributed by atoms with Gasteiger partial charge in [-0.25, -0.2) is 4.98 Å². The maximum absolute atomic E-state index is 6.44. The minimum Gasteiger partial charge on any atom is -0.486 e. The van der Waals surface area contributed by atoms with Gasteiger partial charge in [-0.15, -0.1) is 54.1 Å². The van der Waals surface area contributed by atoms with Crippen LogP contribution in [0, 0.1) is 26.0 Å². The van der Waals surface area contributed by atoms with Gasteiger partial charge in [-0.1, -0.05) is 94.5 Å². The molecule has 0 atom stereocenters. The van der Waals surface area contributed by atoms with Crippen molar-refractivity contribution in [3.8, 4) is 33.8 Å². The van der Waals surface area contributed by atoms with E-state index in [9.17, 15) is 0 Å². The summed E-state index contributed by atoms with van der Waals surface area (Å²) in [6, 6.07) is 35.5. The van der Waals surface area contributed by atoms with Crippen LogP contribution in [0.2, 0.25) is 0 Å². The fourth-order valence-corrected chi connectivity index (χ4v) is 6.29. The van der Waals surface area contributed by atoms with E-state index >= 15 is 0 Å². The molecule has 7 rings (SSSR count). The number of aryl methyl sites for hydroxylation is 2. The average Bonchev–Trinajstić information content (AvgIpc) is 3.47. The van der Waals surface area contributed by atoms with Crippen molar-refractivity contribution in [3.63, 3.8) is 0 Å². The molecule has 7 aromatic rings. The molecule has 4 nitrogen and oxygen atoms in total. The van der Waals surface area contributed by atoms with Crippen LogP contribution in [0.1, 0.15) is 87.1 Å². The van der Waals surface area contributed by atoms with E-state index in [4.69, 9.17) is 14.4 Å². The number of benzene rings is 3. The van der Waals surface area contributed by atoms with E-state index in [2.05, 4.69) is 114 Å². The van der Waals surface area contributed by atoms with Crippen LogP contribution >= 0.6 is 0 Å². The zero-order valence-electron chi connectivity index (χ0n) is 29.6. The van der Waals surface area contributed by atoms with Crippen LogP contribution in [0.4, 0.5) is 0 Å². The largest absolute Gasteiger partial charge is 0.486 e. The van der Waals surface area contributed by atoms with Gasteiger partial charge < -0.3 is 14.4 Å². The monoisotopic (exact) mass is 822 g/mol. The molecule has 251 valence electrons. The summed E-state index contributed by atoms with van der Waals surface area (Å²) < 4.78 is 6.44. The number of fused-ring (bicyclic) bond motifs is 3. The zero-order valence-corrected chi connectivity index (χ0v) is 31.9. The van der Waals surface area contributed by atoms with Crippen molar-refractivity contribution < 1.29 is 24.5 Å². The molecule has 0 aliphatic carbocycles.